The molecule has 158 valence electrons. The van der Waals surface area contributed by atoms with Gasteiger partial charge in [-0.05, 0) is 98.4 Å². The standard InChI is InChI=1S/C25H31F3O/c1-3-5-6-8-18-9-12-22(13-10-18)25(27,28)29-23-14-11-19-15-20(7-4-2)24(26)17-21(19)16-23/h3,5,11,14-18,22H,4,6-10,12-13H2,1-2H3/b5-3+. The van der Waals surface area contributed by atoms with Crippen LogP contribution in [0.25, 0.3) is 10.8 Å². The molecule has 4 heteroatoms. The monoisotopic (exact) mass is 404 g/mol. The molecule has 0 aliphatic heterocycles. The lowest BCUT2D eigenvalue weighted by atomic mass is 9.79. The average Bonchev–Trinajstić information content (AvgIpc) is 2.69. The van der Waals surface area contributed by atoms with Gasteiger partial charge in [-0.15, -0.1) is 0 Å². The third-order valence-corrected chi connectivity index (χ3v) is 6.05. The normalized spacial score (nSPS) is 20.4. The Morgan fingerprint density at radius 2 is 1.83 bits per heavy atom. The maximum Gasteiger partial charge on any atom is 0.400 e. The van der Waals surface area contributed by atoms with Gasteiger partial charge in [0, 0.05) is 0 Å². The summed E-state index contributed by atoms with van der Waals surface area (Å²) in [5.74, 6) is -0.432. The number of alkyl halides is 2. The molecule has 0 atom stereocenters. The number of benzene rings is 2. The summed E-state index contributed by atoms with van der Waals surface area (Å²) in [6.45, 7) is 4.00. The van der Waals surface area contributed by atoms with Gasteiger partial charge in [0.05, 0.1) is 5.92 Å². The van der Waals surface area contributed by atoms with Gasteiger partial charge in [0.25, 0.3) is 0 Å². The highest BCUT2D eigenvalue weighted by Gasteiger charge is 2.43. The Morgan fingerprint density at radius 1 is 1.07 bits per heavy atom. The SMILES string of the molecule is C/C=C/CCC1CCC(C(F)(F)Oc2ccc3cc(CCC)c(F)cc3c2)CC1. The molecular formula is C25H31F3O. The Bertz CT molecular complexity index is 835. The maximum absolute atomic E-state index is 14.8. The molecule has 0 N–H and O–H groups in total. The molecule has 0 radical (unpaired) electrons. The van der Waals surface area contributed by atoms with Crippen molar-refractivity contribution in [2.45, 2.75) is 71.3 Å². The zero-order valence-corrected chi connectivity index (χ0v) is 17.4. The van der Waals surface area contributed by atoms with Gasteiger partial charge in [0.15, 0.2) is 0 Å². The molecule has 0 unspecified atom stereocenters. The molecule has 0 aromatic heterocycles. The van der Waals surface area contributed by atoms with Crippen molar-refractivity contribution in [2.24, 2.45) is 11.8 Å². The van der Waals surface area contributed by atoms with E-state index in [0.717, 1.165) is 37.5 Å². The fourth-order valence-corrected chi connectivity index (χ4v) is 4.35. The minimum Gasteiger partial charge on any atom is -0.432 e. The van der Waals surface area contributed by atoms with E-state index in [2.05, 4.69) is 6.08 Å². The van der Waals surface area contributed by atoms with Crippen LogP contribution in [0, 0.1) is 17.7 Å². The van der Waals surface area contributed by atoms with E-state index < -0.39 is 12.0 Å². The largest absolute Gasteiger partial charge is 0.432 e. The molecular weight excluding hydrogens is 373 g/mol. The van der Waals surface area contributed by atoms with E-state index in [4.69, 9.17) is 4.74 Å². The smallest absolute Gasteiger partial charge is 0.400 e. The third kappa shape index (κ3) is 5.55. The van der Waals surface area contributed by atoms with Crippen LogP contribution in [0.4, 0.5) is 13.2 Å². The first-order valence-electron chi connectivity index (χ1n) is 10.8. The van der Waals surface area contributed by atoms with E-state index in [-0.39, 0.29) is 11.6 Å². The number of aryl methyl sites for hydroxylation is 1. The molecule has 0 bridgehead atoms. The molecule has 1 saturated carbocycles. The van der Waals surface area contributed by atoms with Crippen LogP contribution in [0.15, 0.2) is 42.5 Å². The van der Waals surface area contributed by atoms with Gasteiger partial charge in [0.1, 0.15) is 11.6 Å². The van der Waals surface area contributed by atoms with Crippen LogP contribution in [0.5, 0.6) is 5.75 Å². The van der Waals surface area contributed by atoms with E-state index in [0.29, 0.717) is 36.1 Å². The number of hydrogen-bond acceptors (Lipinski definition) is 1. The number of halogens is 3. The topological polar surface area (TPSA) is 9.23 Å². The Morgan fingerprint density at radius 3 is 2.52 bits per heavy atom. The van der Waals surface area contributed by atoms with E-state index in [1.807, 2.05) is 19.9 Å². The first-order chi connectivity index (χ1) is 13.9. The zero-order valence-electron chi connectivity index (χ0n) is 17.4. The molecule has 3 rings (SSSR count). The molecule has 0 spiro atoms. The Kier molecular flexibility index (Phi) is 7.26. The summed E-state index contributed by atoms with van der Waals surface area (Å²) in [6.07, 6.45) is 7.18. The lowest BCUT2D eigenvalue weighted by molar-refractivity contribution is -0.223. The number of fused-ring (bicyclic) bond motifs is 1. The Hall–Kier alpha value is -1.97. The van der Waals surface area contributed by atoms with Crippen molar-refractivity contribution in [1.82, 2.24) is 0 Å². The van der Waals surface area contributed by atoms with Crippen molar-refractivity contribution in [3.63, 3.8) is 0 Å². The van der Waals surface area contributed by atoms with Gasteiger partial charge in [-0.1, -0.05) is 31.6 Å². The number of hydrogen-bond donors (Lipinski definition) is 0. The van der Waals surface area contributed by atoms with Gasteiger partial charge >= 0.3 is 6.11 Å². The van der Waals surface area contributed by atoms with Crippen LogP contribution in [0.1, 0.15) is 64.4 Å². The van der Waals surface area contributed by atoms with Gasteiger partial charge in [-0.25, -0.2) is 4.39 Å². The van der Waals surface area contributed by atoms with E-state index in [1.165, 1.54) is 12.1 Å². The van der Waals surface area contributed by atoms with Crippen LogP contribution >= 0.6 is 0 Å². The van der Waals surface area contributed by atoms with Crippen molar-refractivity contribution in [2.75, 3.05) is 0 Å². The van der Waals surface area contributed by atoms with Crippen molar-refractivity contribution in [3.05, 3.63) is 53.9 Å². The van der Waals surface area contributed by atoms with Crippen molar-refractivity contribution >= 4 is 10.8 Å². The molecule has 1 nitrogen and oxygen atoms in total. The maximum atomic E-state index is 14.8. The number of ether oxygens (including phenoxy) is 1. The molecule has 2 aromatic rings. The van der Waals surface area contributed by atoms with Crippen molar-refractivity contribution in [3.8, 4) is 5.75 Å². The lowest BCUT2D eigenvalue weighted by Crippen LogP contribution is -2.37. The first-order valence-corrected chi connectivity index (χ1v) is 10.8. The summed E-state index contributed by atoms with van der Waals surface area (Å²) >= 11 is 0. The molecule has 0 amide bonds. The number of rotatable bonds is 8. The summed E-state index contributed by atoms with van der Waals surface area (Å²) in [7, 11) is 0. The Labute approximate surface area is 172 Å². The van der Waals surface area contributed by atoms with Crippen LogP contribution in [-0.4, -0.2) is 6.11 Å². The summed E-state index contributed by atoms with van der Waals surface area (Å²) in [5.41, 5.74) is 0.658. The highest BCUT2D eigenvalue weighted by molar-refractivity contribution is 5.84. The van der Waals surface area contributed by atoms with E-state index >= 15 is 0 Å². The van der Waals surface area contributed by atoms with E-state index in [1.54, 1.807) is 18.2 Å². The molecule has 0 saturated heterocycles. The van der Waals surface area contributed by atoms with Crippen LogP contribution in [-0.2, 0) is 6.42 Å². The fourth-order valence-electron chi connectivity index (χ4n) is 4.35. The second kappa shape index (κ2) is 9.69. The van der Waals surface area contributed by atoms with Gasteiger partial charge in [0.2, 0.25) is 0 Å². The second-order valence-electron chi connectivity index (χ2n) is 8.23. The van der Waals surface area contributed by atoms with Crippen molar-refractivity contribution in [1.29, 1.82) is 0 Å². The summed E-state index contributed by atoms with van der Waals surface area (Å²) in [6, 6.07) is 8.03. The highest BCUT2D eigenvalue weighted by atomic mass is 19.3. The lowest BCUT2D eigenvalue weighted by Gasteiger charge is -2.33. The van der Waals surface area contributed by atoms with Crippen LogP contribution in [0.2, 0.25) is 0 Å². The molecule has 1 aliphatic rings. The first kappa shape index (κ1) is 21.7. The number of allylic oxidation sites excluding steroid dienone is 2. The Balaban J connectivity index is 1.65. The quantitative estimate of drug-likeness (QED) is 0.404. The van der Waals surface area contributed by atoms with Gasteiger partial charge < -0.3 is 4.74 Å². The predicted molar refractivity (Wildman–Crippen MR) is 113 cm³/mol. The second-order valence-corrected chi connectivity index (χ2v) is 8.23. The average molecular weight is 405 g/mol. The summed E-state index contributed by atoms with van der Waals surface area (Å²) in [5, 5.41) is 1.43. The van der Waals surface area contributed by atoms with Crippen molar-refractivity contribution < 1.29 is 17.9 Å². The zero-order chi connectivity index (χ0) is 20.9. The van der Waals surface area contributed by atoms with Gasteiger partial charge in [-0.2, -0.15) is 8.78 Å². The molecule has 1 aliphatic carbocycles. The van der Waals surface area contributed by atoms with Gasteiger partial charge in [-0.3, -0.25) is 0 Å². The molecule has 1 fully saturated rings. The van der Waals surface area contributed by atoms with Crippen LogP contribution < -0.4 is 4.74 Å². The molecule has 2 aromatic carbocycles. The molecule has 0 heterocycles. The fraction of sp³-hybridized carbons (Fsp3) is 0.520. The van der Waals surface area contributed by atoms with E-state index in [9.17, 15) is 13.2 Å². The molecule has 29 heavy (non-hydrogen) atoms. The minimum atomic E-state index is -3.21. The predicted octanol–water partition coefficient (Wildman–Crippen LogP) is 8.07. The van der Waals surface area contributed by atoms with Crippen LogP contribution in [0.3, 0.4) is 0 Å². The highest BCUT2D eigenvalue weighted by Crippen LogP contribution is 2.41. The third-order valence-electron chi connectivity index (χ3n) is 6.05. The summed E-state index contributed by atoms with van der Waals surface area (Å²) < 4.78 is 48.9. The minimum absolute atomic E-state index is 0.0975. The summed E-state index contributed by atoms with van der Waals surface area (Å²) in [4.78, 5) is 0.